The van der Waals surface area contributed by atoms with Crippen molar-refractivity contribution in [1.82, 2.24) is 10.6 Å². The molecule has 2 aromatic rings. The van der Waals surface area contributed by atoms with Gasteiger partial charge in [0.2, 0.25) is 5.91 Å². The SMILES string of the molecule is N#CC(NC(=O)C1CCCCC1NC(=O)OCc1ccccc1Cl)c1cccc(O)c1. The summed E-state index contributed by atoms with van der Waals surface area (Å²) in [6.45, 7) is 0.0308. The first-order valence-corrected chi connectivity index (χ1v) is 10.5. The topological polar surface area (TPSA) is 111 Å². The average Bonchev–Trinajstić information content (AvgIpc) is 2.77. The Hall–Kier alpha value is -3.24. The van der Waals surface area contributed by atoms with Gasteiger partial charge in [0.15, 0.2) is 0 Å². The van der Waals surface area contributed by atoms with E-state index in [1.807, 2.05) is 12.1 Å². The summed E-state index contributed by atoms with van der Waals surface area (Å²) in [5, 5.41) is 25.2. The zero-order valence-electron chi connectivity index (χ0n) is 16.9. The molecule has 2 aromatic carbocycles. The number of phenols is 1. The summed E-state index contributed by atoms with van der Waals surface area (Å²) in [5.41, 5.74) is 1.19. The second kappa shape index (κ2) is 10.7. The number of amides is 2. The molecule has 8 heteroatoms. The first-order valence-electron chi connectivity index (χ1n) is 10.1. The fourth-order valence-electron chi connectivity index (χ4n) is 3.71. The summed E-state index contributed by atoms with van der Waals surface area (Å²) in [6.07, 6.45) is 2.36. The minimum Gasteiger partial charge on any atom is -0.508 e. The van der Waals surface area contributed by atoms with E-state index in [0.717, 1.165) is 12.8 Å². The van der Waals surface area contributed by atoms with Crippen LogP contribution >= 0.6 is 11.6 Å². The molecule has 31 heavy (non-hydrogen) atoms. The Kier molecular flexibility index (Phi) is 7.74. The third kappa shape index (κ3) is 6.12. The lowest BCUT2D eigenvalue weighted by Crippen LogP contribution is -2.49. The first kappa shape index (κ1) is 22.4. The van der Waals surface area contributed by atoms with Crippen LogP contribution in [0, 0.1) is 17.2 Å². The molecule has 3 atom stereocenters. The predicted octanol–water partition coefficient (Wildman–Crippen LogP) is 4.21. The summed E-state index contributed by atoms with van der Waals surface area (Å²) in [6, 6.07) is 14.1. The van der Waals surface area contributed by atoms with E-state index in [2.05, 4.69) is 10.6 Å². The fraction of sp³-hybridized carbons (Fsp3) is 0.348. The number of ether oxygens (including phenoxy) is 1. The zero-order chi connectivity index (χ0) is 22.2. The summed E-state index contributed by atoms with van der Waals surface area (Å²) >= 11 is 6.08. The Bertz CT molecular complexity index is 975. The van der Waals surface area contributed by atoms with Crippen LogP contribution in [0.3, 0.4) is 0 Å². The second-order valence-corrected chi connectivity index (χ2v) is 7.88. The zero-order valence-corrected chi connectivity index (χ0v) is 17.6. The molecule has 0 bridgehead atoms. The lowest BCUT2D eigenvalue weighted by Gasteiger charge is -2.31. The average molecular weight is 442 g/mol. The lowest BCUT2D eigenvalue weighted by atomic mass is 9.83. The van der Waals surface area contributed by atoms with Gasteiger partial charge in [0.1, 0.15) is 18.4 Å². The minimum absolute atomic E-state index is 0.0190. The number of carbonyl (C=O) groups is 2. The minimum atomic E-state index is -0.894. The molecule has 0 saturated heterocycles. The van der Waals surface area contributed by atoms with Crippen molar-refractivity contribution in [3.8, 4) is 11.8 Å². The standard InChI is InChI=1S/C23H24ClN3O4/c24-19-10-3-1-6-16(19)14-31-23(30)27-20-11-4-2-9-18(20)22(29)26-21(13-25)15-7-5-8-17(28)12-15/h1,3,5-8,10,12,18,20-21,28H,2,4,9,11,14H2,(H,26,29)(H,27,30). The number of rotatable bonds is 6. The molecule has 0 spiro atoms. The number of nitriles is 1. The molecule has 0 heterocycles. The number of hydrogen-bond acceptors (Lipinski definition) is 5. The number of nitrogens with one attached hydrogen (secondary N) is 2. The normalized spacial score (nSPS) is 19.0. The van der Waals surface area contributed by atoms with Crippen molar-refractivity contribution in [2.75, 3.05) is 0 Å². The molecule has 1 fully saturated rings. The number of hydrogen-bond donors (Lipinski definition) is 3. The highest BCUT2D eigenvalue weighted by atomic mass is 35.5. The van der Waals surface area contributed by atoms with Gasteiger partial charge in [-0.3, -0.25) is 4.79 Å². The van der Waals surface area contributed by atoms with Crippen molar-refractivity contribution < 1.29 is 19.4 Å². The van der Waals surface area contributed by atoms with E-state index < -0.39 is 24.1 Å². The Morgan fingerprint density at radius 1 is 1.19 bits per heavy atom. The van der Waals surface area contributed by atoms with Crippen molar-refractivity contribution in [3.63, 3.8) is 0 Å². The molecule has 2 amide bonds. The highest BCUT2D eigenvalue weighted by molar-refractivity contribution is 6.31. The Balaban J connectivity index is 1.60. The van der Waals surface area contributed by atoms with E-state index in [9.17, 15) is 20.0 Å². The number of benzene rings is 2. The number of carbonyl (C=O) groups excluding carboxylic acids is 2. The lowest BCUT2D eigenvalue weighted by molar-refractivity contribution is -0.127. The molecule has 0 aromatic heterocycles. The molecule has 3 rings (SSSR count). The van der Waals surface area contributed by atoms with E-state index in [4.69, 9.17) is 16.3 Å². The van der Waals surface area contributed by atoms with E-state index in [0.29, 0.717) is 29.0 Å². The summed E-state index contributed by atoms with van der Waals surface area (Å²) in [4.78, 5) is 25.2. The highest BCUT2D eigenvalue weighted by Gasteiger charge is 2.33. The van der Waals surface area contributed by atoms with Crippen LogP contribution in [-0.4, -0.2) is 23.1 Å². The number of phenolic OH excluding ortho intramolecular Hbond substituents is 1. The number of alkyl carbamates (subject to hydrolysis) is 1. The molecule has 1 aliphatic carbocycles. The van der Waals surface area contributed by atoms with E-state index in [1.165, 1.54) is 12.1 Å². The molecule has 1 aliphatic rings. The van der Waals surface area contributed by atoms with Crippen molar-refractivity contribution in [2.45, 2.75) is 44.4 Å². The van der Waals surface area contributed by atoms with Gasteiger partial charge in [0, 0.05) is 16.6 Å². The fourth-order valence-corrected chi connectivity index (χ4v) is 3.90. The molecule has 3 N–H and O–H groups in total. The van der Waals surface area contributed by atoms with Gasteiger partial charge in [-0.05, 0) is 36.6 Å². The van der Waals surface area contributed by atoms with Crippen molar-refractivity contribution in [2.24, 2.45) is 5.92 Å². The van der Waals surface area contributed by atoms with Crippen LogP contribution in [0.4, 0.5) is 4.79 Å². The Labute approximate surface area is 186 Å². The smallest absolute Gasteiger partial charge is 0.407 e. The van der Waals surface area contributed by atoms with Crippen LogP contribution < -0.4 is 10.6 Å². The van der Waals surface area contributed by atoms with E-state index in [-0.39, 0.29) is 18.3 Å². The van der Waals surface area contributed by atoms with Gasteiger partial charge >= 0.3 is 6.09 Å². The third-order valence-electron chi connectivity index (χ3n) is 5.34. The van der Waals surface area contributed by atoms with Crippen molar-refractivity contribution in [3.05, 3.63) is 64.7 Å². The third-order valence-corrected chi connectivity index (χ3v) is 5.71. The van der Waals surface area contributed by atoms with Crippen LogP contribution in [0.1, 0.15) is 42.9 Å². The number of aromatic hydroxyl groups is 1. The number of nitrogens with zero attached hydrogens (tertiary/aromatic N) is 1. The molecule has 0 aliphatic heterocycles. The van der Waals surface area contributed by atoms with Crippen LogP contribution in [0.2, 0.25) is 5.02 Å². The molecule has 3 unspecified atom stereocenters. The Morgan fingerprint density at radius 3 is 2.71 bits per heavy atom. The quantitative estimate of drug-likeness (QED) is 0.621. The van der Waals surface area contributed by atoms with Crippen molar-refractivity contribution in [1.29, 1.82) is 5.26 Å². The monoisotopic (exact) mass is 441 g/mol. The maximum atomic E-state index is 12.9. The molecular weight excluding hydrogens is 418 g/mol. The second-order valence-electron chi connectivity index (χ2n) is 7.48. The van der Waals surface area contributed by atoms with E-state index in [1.54, 1.807) is 30.3 Å². The van der Waals surface area contributed by atoms with Crippen molar-refractivity contribution >= 4 is 23.6 Å². The van der Waals surface area contributed by atoms with Gasteiger partial charge < -0.3 is 20.5 Å². The maximum absolute atomic E-state index is 12.9. The molecule has 7 nitrogen and oxygen atoms in total. The van der Waals surface area contributed by atoms with Crippen LogP contribution in [-0.2, 0) is 16.1 Å². The molecular formula is C23H24ClN3O4. The van der Waals surface area contributed by atoms with Crippen LogP contribution in [0.25, 0.3) is 0 Å². The van der Waals surface area contributed by atoms with Gasteiger partial charge in [0.25, 0.3) is 0 Å². The van der Waals surface area contributed by atoms with E-state index >= 15 is 0 Å². The largest absolute Gasteiger partial charge is 0.508 e. The molecule has 1 saturated carbocycles. The molecule has 162 valence electrons. The summed E-state index contributed by atoms with van der Waals surface area (Å²) < 4.78 is 5.28. The highest BCUT2D eigenvalue weighted by Crippen LogP contribution is 2.26. The van der Waals surface area contributed by atoms with Gasteiger partial charge in [-0.25, -0.2) is 4.79 Å². The van der Waals surface area contributed by atoms with Gasteiger partial charge in [0.05, 0.1) is 12.0 Å². The van der Waals surface area contributed by atoms with Gasteiger partial charge in [-0.15, -0.1) is 0 Å². The van der Waals surface area contributed by atoms with Gasteiger partial charge in [-0.1, -0.05) is 54.8 Å². The summed E-state index contributed by atoms with van der Waals surface area (Å²) in [5.74, 6) is -0.772. The van der Waals surface area contributed by atoms with Crippen LogP contribution in [0.5, 0.6) is 5.75 Å². The Morgan fingerprint density at radius 2 is 1.97 bits per heavy atom. The van der Waals surface area contributed by atoms with Crippen LogP contribution in [0.15, 0.2) is 48.5 Å². The van der Waals surface area contributed by atoms with Gasteiger partial charge in [-0.2, -0.15) is 5.26 Å². The number of halogens is 1. The molecule has 0 radical (unpaired) electrons. The maximum Gasteiger partial charge on any atom is 0.407 e. The summed E-state index contributed by atoms with van der Waals surface area (Å²) in [7, 11) is 0. The predicted molar refractivity (Wildman–Crippen MR) is 115 cm³/mol. The first-order chi connectivity index (χ1) is 15.0.